The molecule has 1 heterocycles. The predicted octanol–water partition coefficient (Wildman–Crippen LogP) is -0.439. The van der Waals surface area contributed by atoms with Crippen molar-refractivity contribution in [2.45, 2.75) is 31.9 Å². The fraction of sp³-hybridized carbons (Fsp3) is 0.909. The molecule has 2 unspecified atom stereocenters. The minimum Gasteiger partial charge on any atom is -0.374 e. The second-order valence-corrected chi connectivity index (χ2v) is 4.31. The van der Waals surface area contributed by atoms with Crippen molar-refractivity contribution in [1.82, 2.24) is 10.2 Å². The van der Waals surface area contributed by atoms with Crippen molar-refractivity contribution >= 4 is 5.91 Å². The minimum absolute atomic E-state index is 0.108. The number of rotatable bonds is 5. The zero-order valence-corrected chi connectivity index (χ0v) is 10.2. The molecule has 5 heteroatoms. The molecule has 3 N–H and O–H groups in total. The summed E-state index contributed by atoms with van der Waals surface area (Å²) in [6.07, 6.45) is 1.63. The lowest BCUT2D eigenvalue weighted by Crippen LogP contribution is -2.50. The first kappa shape index (κ1) is 13.4. The van der Waals surface area contributed by atoms with Gasteiger partial charge >= 0.3 is 0 Å². The molecule has 0 aliphatic carbocycles. The summed E-state index contributed by atoms with van der Waals surface area (Å²) in [7, 11) is 1.67. The Morgan fingerprint density at radius 2 is 2.38 bits per heavy atom. The number of nitrogens with one attached hydrogen (secondary N) is 1. The Hall–Kier alpha value is -0.650. The van der Waals surface area contributed by atoms with Gasteiger partial charge in [-0.15, -0.1) is 0 Å². The summed E-state index contributed by atoms with van der Waals surface area (Å²) in [5, 5.41) is 2.63. The number of ether oxygens (including phenoxy) is 1. The first-order valence-corrected chi connectivity index (χ1v) is 5.93. The van der Waals surface area contributed by atoms with E-state index < -0.39 is 0 Å². The second kappa shape index (κ2) is 6.83. The summed E-state index contributed by atoms with van der Waals surface area (Å²) >= 11 is 0. The Labute approximate surface area is 97.3 Å². The van der Waals surface area contributed by atoms with Gasteiger partial charge in [-0.2, -0.15) is 0 Å². The number of carbonyl (C=O) groups excluding carboxylic acids is 1. The standard InChI is InChI=1S/C11H23N3O2/c1-9-8-16-10(6-12)7-14(9)5-3-4-11(15)13-2/h9-10H,3-8,12H2,1-2H3,(H,13,15). The first-order valence-electron chi connectivity index (χ1n) is 5.93. The van der Waals surface area contributed by atoms with Crippen LogP contribution in [0.25, 0.3) is 0 Å². The minimum atomic E-state index is 0.108. The van der Waals surface area contributed by atoms with E-state index in [4.69, 9.17) is 10.5 Å². The molecule has 94 valence electrons. The molecular formula is C11H23N3O2. The Morgan fingerprint density at radius 3 is 3.00 bits per heavy atom. The van der Waals surface area contributed by atoms with Gasteiger partial charge in [0.05, 0.1) is 12.7 Å². The number of nitrogens with zero attached hydrogens (tertiary/aromatic N) is 1. The summed E-state index contributed by atoms with van der Waals surface area (Å²) in [6.45, 7) is 5.27. The van der Waals surface area contributed by atoms with E-state index in [-0.39, 0.29) is 12.0 Å². The van der Waals surface area contributed by atoms with Gasteiger partial charge in [-0.3, -0.25) is 9.69 Å². The molecule has 0 saturated carbocycles. The molecule has 5 nitrogen and oxygen atoms in total. The summed E-state index contributed by atoms with van der Waals surface area (Å²) in [4.78, 5) is 13.4. The Balaban J connectivity index is 2.25. The van der Waals surface area contributed by atoms with Gasteiger partial charge in [-0.05, 0) is 19.9 Å². The molecule has 16 heavy (non-hydrogen) atoms. The van der Waals surface area contributed by atoms with Crippen molar-refractivity contribution < 1.29 is 9.53 Å². The molecule has 1 aliphatic rings. The predicted molar refractivity (Wildman–Crippen MR) is 63.1 cm³/mol. The van der Waals surface area contributed by atoms with Crippen molar-refractivity contribution in [3.05, 3.63) is 0 Å². The third-order valence-electron chi connectivity index (χ3n) is 3.03. The van der Waals surface area contributed by atoms with E-state index >= 15 is 0 Å². The lowest BCUT2D eigenvalue weighted by molar-refractivity contribution is -0.120. The van der Waals surface area contributed by atoms with Crippen LogP contribution in [0.5, 0.6) is 0 Å². The van der Waals surface area contributed by atoms with E-state index in [0.29, 0.717) is 19.0 Å². The molecule has 1 aliphatic heterocycles. The molecule has 0 spiro atoms. The lowest BCUT2D eigenvalue weighted by atomic mass is 10.1. The van der Waals surface area contributed by atoms with Crippen molar-refractivity contribution in [1.29, 1.82) is 0 Å². The molecule has 0 aromatic rings. The van der Waals surface area contributed by atoms with Gasteiger partial charge in [-0.25, -0.2) is 0 Å². The van der Waals surface area contributed by atoms with Gasteiger partial charge < -0.3 is 15.8 Å². The normalized spacial score (nSPS) is 26.7. The highest BCUT2D eigenvalue weighted by Crippen LogP contribution is 2.11. The van der Waals surface area contributed by atoms with Crippen LogP contribution >= 0.6 is 0 Å². The van der Waals surface area contributed by atoms with Crippen molar-refractivity contribution in [3.63, 3.8) is 0 Å². The van der Waals surface area contributed by atoms with E-state index in [1.54, 1.807) is 7.05 Å². The van der Waals surface area contributed by atoms with Gasteiger partial charge in [0.1, 0.15) is 0 Å². The quantitative estimate of drug-likeness (QED) is 0.671. The smallest absolute Gasteiger partial charge is 0.219 e. The average molecular weight is 229 g/mol. The highest BCUT2D eigenvalue weighted by Gasteiger charge is 2.24. The van der Waals surface area contributed by atoms with Crippen LogP contribution in [-0.4, -0.2) is 56.2 Å². The molecule has 0 aromatic carbocycles. The van der Waals surface area contributed by atoms with Crippen LogP contribution in [0.3, 0.4) is 0 Å². The molecule has 1 amide bonds. The Morgan fingerprint density at radius 1 is 1.62 bits per heavy atom. The van der Waals surface area contributed by atoms with E-state index in [9.17, 15) is 4.79 Å². The molecule has 0 aromatic heterocycles. The van der Waals surface area contributed by atoms with Gasteiger partial charge in [-0.1, -0.05) is 0 Å². The van der Waals surface area contributed by atoms with E-state index in [1.807, 2.05) is 0 Å². The second-order valence-electron chi connectivity index (χ2n) is 4.31. The number of amides is 1. The van der Waals surface area contributed by atoms with Crippen molar-refractivity contribution in [3.8, 4) is 0 Å². The van der Waals surface area contributed by atoms with E-state index in [2.05, 4.69) is 17.1 Å². The fourth-order valence-electron chi connectivity index (χ4n) is 1.90. The van der Waals surface area contributed by atoms with Crippen molar-refractivity contribution in [2.75, 3.05) is 33.3 Å². The zero-order chi connectivity index (χ0) is 12.0. The zero-order valence-electron chi connectivity index (χ0n) is 10.2. The molecule has 0 radical (unpaired) electrons. The average Bonchev–Trinajstić information content (AvgIpc) is 2.31. The van der Waals surface area contributed by atoms with Crippen LogP contribution in [0.1, 0.15) is 19.8 Å². The summed E-state index contributed by atoms with van der Waals surface area (Å²) in [5.41, 5.74) is 5.59. The lowest BCUT2D eigenvalue weighted by Gasteiger charge is -2.37. The third-order valence-corrected chi connectivity index (χ3v) is 3.03. The van der Waals surface area contributed by atoms with Gasteiger partial charge in [0, 0.05) is 32.6 Å². The maximum atomic E-state index is 11.1. The Kier molecular flexibility index (Phi) is 5.73. The maximum Gasteiger partial charge on any atom is 0.219 e. The monoisotopic (exact) mass is 229 g/mol. The van der Waals surface area contributed by atoms with Crippen LogP contribution in [0, 0.1) is 0 Å². The molecule has 0 bridgehead atoms. The molecule has 1 rings (SSSR count). The highest BCUT2D eigenvalue weighted by atomic mass is 16.5. The van der Waals surface area contributed by atoms with Crippen LogP contribution in [-0.2, 0) is 9.53 Å². The van der Waals surface area contributed by atoms with Gasteiger partial charge in [0.25, 0.3) is 0 Å². The van der Waals surface area contributed by atoms with Crippen LogP contribution < -0.4 is 11.1 Å². The number of hydrogen-bond donors (Lipinski definition) is 2. The number of nitrogens with two attached hydrogens (primary N) is 1. The first-order chi connectivity index (χ1) is 7.67. The summed E-state index contributed by atoms with van der Waals surface area (Å²) in [5.74, 6) is 0.108. The number of carbonyl (C=O) groups is 1. The maximum absolute atomic E-state index is 11.1. The topological polar surface area (TPSA) is 67.6 Å². The van der Waals surface area contributed by atoms with Gasteiger partial charge in [0.2, 0.25) is 5.91 Å². The number of hydrogen-bond acceptors (Lipinski definition) is 4. The van der Waals surface area contributed by atoms with Crippen LogP contribution in [0.4, 0.5) is 0 Å². The molecule has 1 saturated heterocycles. The summed E-state index contributed by atoms with van der Waals surface area (Å²) in [6, 6.07) is 0.424. The van der Waals surface area contributed by atoms with E-state index in [0.717, 1.165) is 26.1 Å². The summed E-state index contributed by atoms with van der Waals surface area (Å²) < 4.78 is 5.57. The van der Waals surface area contributed by atoms with Crippen molar-refractivity contribution in [2.24, 2.45) is 5.73 Å². The van der Waals surface area contributed by atoms with Crippen LogP contribution in [0.15, 0.2) is 0 Å². The molecule has 2 atom stereocenters. The fourth-order valence-corrected chi connectivity index (χ4v) is 1.90. The SMILES string of the molecule is CNC(=O)CCCN1CC(CN)OCC1C. The Bertz CT molecular complexity index is 223. The largest absolute Gasteiger partial charge is 0.374 e. The highest BCUT2D eigenvalue weighted by molar-refractivity contribution is 5.75. The van der Waals surface area contributed by atoms with E-state index in [1.165, 1.54) is 0 Å². The third kappa shape index (κ3) is 4.08. The van der Waals surface area contributed by atoms with Gasteiger partial charge in [0.15, 0.2) is 0 Å². The number of morpholine rings is 1. The molecule has 1 fully saturated rings. The van der Waals surface area contributed by atoms with Crippen LogP contribution in [0.2, 0.25) is 0 Å². The molecular weight excluding hydrogens is 206 g/mol.